The molecule has 1 aliphatic heterocycles. The largest absolute Gasteiger partial charge is 0.381 e. The SMILES string of the molecule is NCC(NCCCC1CC1)C1CCCOC1. The van der Waals surface area contributed by atoms with Crippen LogP contribution in [0, 0.1) is 11.8 Å². The Morgan fingerprint density at radius 1 is 1.31 bits per heavy atom. The van der Waals surface area contributed by atoms with Crippen LogP contribution in [0.5, 0.6) is 0 Å². The average Bonchev–Trinajstić information content (AvgIpc) is 3.14. The molecule has 2 fully saturated rings. The molecule has 3 N–H and O–H groups in total. The van der Waals surface area contributed by atoms with E-state index in [0.717, 1.165) is 32.2 Å². The third-order valence-electron chi connectivity index (χ3n) is 3.91. The number of nitrogens with two attached hydrogens (primary N) is 1. The van der Waals surface area contributed by atoms with Gasteiger partial charge in [0.2, 0.25) is 0 Å². The molecule has 16 heavy (non-hydrogen) atoms. The van der Waals surface area contributed by atoms with Crippen LogP contribution in [0.4, 0.5) is 0 Å². The Hall–Kier alpha value is -0.120. The number of rotatable bonds is 7. The van der Waals surface area contributed by atoms with E-state index in [1.807, 2.05) is 0 Å². The zero-order chi connectivity index (χ0) is 11.2. The van der Waals surface area contributed by atoms with Crippen molar-refractivity contribution in [1.82, 2.24) is 5.32 Å². The number of ether oxygens (including phenoxy) is 1. The summed E-state index contributed by atoms with van der Waals surface area (Å²) in [5.74, 6) is 1.69. The van der Waals surface area contributed by atoms with Crippen LogP contribution in [0.3, 0.4) is 0 Å². The lowest BCUT2D eigenvalue weighted by Crippen LogP contribution is -2.45. The van der Waals surface area contributed by atoms with E-state index in [4.69, 9.17) is 10.5 Å². The maximum atomic E-state index is 5.84. The molecule has 94 valence electrons. The third-order valence-corrected chi connectivity index (χ3v) is 3.91. The van der Waals surface area contributed by atoms with E-state index in [1.54, 1.807) is 0 Å². The van der Waals surface area contributed by atoms with Crippen molar-refractivity contribution in [2.24, 2.45) is 17.6 Å². The van der Waals surface area contributed by atoms with Gasteiger partial charge in [-0.25, -0.2) is 0 Å². The molecule has 2 aliphatic rings. The minimum absolute atomic E-state index is 0.472. The highest BCUT2D eigenvalue weighted by molar-refractivity contribution is 4.80. The first-order chi connectivity index (χ1) is 7.90. The summed E-state index contributed by atoms with van der Waals surface area (Å²) in [6.45, 7) is 3.72. The van der Waals surface area contributed by atoms with Gasteiger partial charge in [-0.15, -0.1) is 0 Å². The van der Waals surface area contributed by atoms with Gasteiger partial charge < -0.3 is 15.8 Å². The van der Waals surface area contributed by atoms with E-state index in [2.05, 4.69) is 5.32 Å². The minimum atomic E-state index is 0.472. The average molecular weight is 226 g/mol. The predicted octanol–water partition coefficient (Wildman–Crippen LogP) is 1.52. The van der Waals surface area contributed by atoms with Crippen molar-refractivity contribution in [2.75, 3.05) is 26.3 Å². The lowest BCUT2D eigenvalue weighted by Gasteiger charge is -2.30. The second-order valence-electron chi connectivity index (χ2n) is 5.36. The van der Waals surface area contributed by atoms with Gasteiger partial charge in [0.1, 0.15) is 0 Å². The van der Waals surface area contributed by atoms with Gasteiger partial charge in [-0.3, -0.25) is 0 Å². The molecule has 0 aromatic rings. The Balaban J connectivity index is 1.59. The molecular formula is C13H26N2O. The van der Waals surface area contributed by atoms with Crippen LogP contribution < -0.4 is 11.1 Å². The molecule has 3 nitrogen and oxygen atoms in total. The van der Waals surface area contributed by atoms with Gasteiger partial charge in [0.25, 0.3) is 0 Å². The number of hydrogen-bond acceptors (Lipinski definition) is 3. The standard InChI is InChI=1S/C13H26N2O/c14-9-13(12-4-2-8-16-10-12)15-7-1-3-11-5-6-11/h11-13,15H,1-10,14H2. The molecule has 0 amide bonds. The van der Waals surface area contributed by atoms with Crippen LogP contribution in [0.15, 0.2) is 0 Å². The summed E-state index contributed by atoms with van der Waals surface area (Å²) in [5.41, 5.74) is 5.84. The predicted molar refractivity (Wildman–Crippen MR) is 66.3 cm³/mol. The Kier molecular flexibility index (Phi) is 5.07. The minimum Gasteiger partial charge on any atom is -0.381 e. The number of hydrogen-bond donors (Lipinski definition) is 2. The Labute approximate surface area is 99.1 Å². The van der Waals surface area contributed by atoms with Gasteiger partial charge >= 0.3 is 0 Å². The second kappa shape index (κ2) is 6.58. The van der Waals surface area contributed by atoms with E-state index in [0.29, 0.717) is 12.0 Å². The van der Waals surface area contributed by atoms with E-state index in [1.165, 1.54) is 38.5 Å². The van der Waals surface area contributed by atoms with Crippen molar-refractivity contribution >= 4 is 0 Å². The maximum Gasteiger partial charge on any atom is 0.0509 e. The molecule has 1 aliphatic carbocycles. The molecule has 0 bridgehead atoms. The molecule has 0 aromatic heterocycles. The molecule has 1 saturated carbocycles. The highest BCUT2D eigenvalue weighted by Gasteiger charge is 2.23. The van der Waals surface area contributed by atoms with Crippen LogP contribution in [0.1, 0.15) is 38.5 Å². The molecule has 1 saturated heterocycles. The first kappa shape index (κ1) is 12.3. The highest BCUT2D eigenvalue weighted by atomic mass is 16.5. The Bertz CT molecular complexity index is 188. The highest BCUT2D eigenvalue weighted by Crippen LogP contribution is 2.33. The zero-order valence-electron chi connectivity index (χ0n) is 10.3. The van der Waals surface area contributed by atoms with Crippen molar-refractivity contribution in [1.29, 1.82) is 0 Å². The monoisotopic (exact) mass is 226 g/mol. The van der Waals surface area contributed by atoms with Crippen molar-refractivity contribution in [3.05, 3.63) is 0 Å². The summed E-state index contributed by atoms with van der Waals surface area (Å²) in [5, 5.41) is 3.62. The topological polar surface area (TPSA) is 47.3 Å². The molecule has 3 heteroatoms. The van der Waals surface area contributed by atoms with Crippen LogP contribution in [-0.4, -0.2) is 32.3 Å². The molecule has 0 radical (unpaired) electrons. The number of nitrogens with one attached hydrogen (secondary N) is 1. The van der Waals surface area contributed by atoms with E-state index in [-0.39, 0.29) is 0 Å². The Morgan fingerprint density at radius 2 is 2.19 bits per heavy atom. The lowest BCUT2D eigenvalue weighted by molar-refractivity contribution is 0.0405. The van der Waals surface area contributed by atoms with Crippen molar-refractivity contribution < 1.29 is 4.74 Å². The molecule has 1 heterocycles. The fourth-order valence-corrected chi connectivity index (χ4v) is 2.61. The normalized spacial score (nSPS) is 27.9. The van der Waals surface area contributed by atoms with Crippen LogP contribution in [0.2, 0.25) is 0 Å². The van der Waals surface area contributed by atoms with Crippen molar-refractivity contribution in [3.63, 3.8) is 0 Å². The smallest absolute Gasteiger partial charge is 0.0509 e. The second-order valence-corrected chi connectivity index (χ2v) is 5.36. The first-order valence-electron chi connectivity index (χ1n) is 6.91. The molecule has 2 atom stereocenters. The molecular weight excluding hydrogens is 200 g/mol. The van der Waals surface area contributed by atoms with Crippen molar-refractivity contribution in [3.8, 4) is 0 Å². The van der Waals surface area contributed by atoms with Crippen LogP contribution in [0.25, 0.3) is 0 Å². The van der Waals surface area contributed by atoms with Gasteiger partial charge in [0, 0.05) is 19.2 Å². The summed E-state index contributed by atoms with van der Waals surface area (Å²) < 4.78 is 5.52. The fourth-order valence-electron chi connectivity index (χ4n) is 2.61. The van der Waals surface area contributed by atoms with Gasteiger partial charge in [0.15, 0.2) is 0 Å². The van der Waals surface area contributed by atoms with Crippen LogP contribution in [-0.2, 0) is 4.74 Å². The molecule has 2 unspecified atom stereocenters. The molecule has 0 spiro atoms. The van der Waals surface area contributed by atoms with Gasteiger partial charge in [-0.1, -0.05) is 12.8 Å². The van der Waals surface area contributed by atoms with Crippen LogP contribution >= 0.6 is 0 Å². The molecule has 0 aromatic carbocycles. The van der Waals surface area contributed by atoms with Gasteiger partial charge in [-0.05, 0) is 44.1 Å². The van der Waals surface area contributed by atoms with Gasteiger partial charge in [0.05, 0.1) is 6.61 Å². The summed E-state index contributed by atoms with van der Waals surface area (Å²) in [7, 11) is 0. The summed E-state index contributed by atoms with van der Waals surface area (Å²) in [6, 6.07) is 0.472. The summed E-state index contributed by atoms with van der Waals surface area (Å²) >= 11 is 0. The van der Waals surface area contributed by atoms with Crippen molar-refractivity contribution in [2.45, 2.75) is 44.6 Å². The molecule has 2 rings (SSSR count). The Morgan fingerprint density at radius 3 is 2.81 bits per heavy atom. The lowest BCUT2D eigenvalue weighted by atomic mass is 9.93. The fraction of sp³-hybridized carbons (Fsp3) is 1.00. The third kappa shape index (κ3) is 4.04. The summed E-state index contributed by atoms with van der Waals surface area (Å²) in [6.07, 6.45) is 8.14. The van der Waals surface area contributed by atoms with E-state index < -0.39 is 0 Å². The maximum absolute atomic E-state index is 5.84. The quantitative estimate of drug-likeness (QED) is 0.647. The van der Waals surface area contributed by atoms with Gasteiger partial charge in [-0.2, -0.15) is 0 Å². The first-order valence-corrected chi connectivity index (χ1v) is 6.91. The van der Waals surface area contributed by atoms with E-state index >= 15 is 0 Å². The van der Waals surface area contributed by atoms with E-state index in [9.17, 15) is 0 Å². The zero-order valence-corrected chi connectivity index (χ0v) is 10.3. The summed E-state index contributed by atoms with van der Waals surface area (Å²) in [4.78, 5) is 0.